The van der Waals surface area contributed by atoms with Crippen LogP contribution in [0.15, 0.2) is 29.3 Å². The standard InChI is InChI=1S/C21H37N3O3.HI/c1-4-6-13-25-15-16-26-14-11-23-21(22-3)24-17-19-9-7-8-10-20(19)18-27-12-5-2;/h7-10H,4-6,11-18H2,1-3H3,(H2,22,23,24);1H. The number of ether oxygens (including phenoxy) is 3. The summed E-state index contributed by atoms with van der Waals surface area (Å²) in [7, 11) is 1.77. The highest BCUT2D eigenvalue weighted by Crippen LogP contribution is 2.10. The number of benzene rings is 1. The van der Waals surface area contributed by atoms with Crippen LogP contribution in [0.25, 0.3) is 0 Å². The summed E-state index contributed by atoms with van der Waals surface area (Å²) < 4.78 is 16.7. The maximum atomic E-state index is 5.68. The molecule has 0 saturated heterocycles. The van der Waals surface area contributed by atoms with Crippen molar-refractivity contribution in [3.8, 4) is 0 Å². The lowest BCUT2D eigenvalue weighted by Crippen LogP contribution is -2.38. The third-order valence-electron chi connectivity index (χ3n) is 3.95. The molecule has 0 saturated carbocycles. The Kier molecular flexibility index (Phi) is 18.8. The summed E-state index contributed by atoms with van der Waals surface area (Å²) in [6, 6.07) is 8.32. The number of unbranched alkanes of at least 4 members (excludes halogenated alkanes) is 1. The van der Waals surface area contributed by atoms with Crippen LogP contribution >= 0.6 is 24.0 Å². The van der Waals surface area contributed by atoms with Gasteiger partial charge in [-0.25, -0.2) is 0 Å². The van der Waals surface area contributed by atoms with Crippen molar-refractivity contribution in [3.63, 3.8) is 0 Å². The minimum Gasteiger partial charge on any atom is -0.379 e. The molecular formula is C21H38IN3O3. The van der Waals surface area contributed by atoms with E-state index in [2.05, 4.69) is 41.6 Å². The Balaban J connectivity index is 0.00000729. The molecule has 0 radical (unpaired) electrons. The molecule has 2 N–H and O–H groups in total. The minimum atomic E-state index is 0. The Morgan fingerprint density at radius 2 is 1.57 bits per heavy atom. The second-order valence-electron chi connectivity index (χ2n) is 6.25. The molecule has 0 aliphatic rings. The van der Waals surface area contributed by atoms with Crippen molar-refractivity contribution in [1.29, 1.82) is 0 Å². The van der Waals surface area contributed by atoms with Crippen molar-refractivity contribution in [2.24, 2.45) is 4.99 Å². The van der Waals surface area contributed by atoms with E-state index in [-0.39, 0.29) is 24.0 Å². The second-order valence-corrected chi connectivity index (χ2v) is 6.25. The number of nitrogens with zero attached hydrogens (tertiary/aromatic N) is 1. The normalized spacial score (nSPS) is 11.2. The van der Waals surface area contributed by atoms with Gasteiger partial charge in [0.1, 0.15) is 0 Å². The lowest BCUT2D eigenvalue weighted by molar-refractivity contribution is 0.0487. The van der Waals surface area contributed by atoms with Crippen LogP contribution in [-0.2, 0) is 27.4 Å². The van der Waals surface area contributed by atoms with Gasteiger partial charge >= 0.3 is 0 Å². The van der Waals surface area contributed by atoms with E-state index in [9.17, 15) is 0 Å². The van der Waals surface area contributed by atoms with E-state index in [1.54, 1.807) is 7.05 Å². The molecule has 0 atom stereocenters. The fourth-order valence-electron chi connectivity index (χ4n) is 2.41. The summed E-state index contributed by atoms with van der Waals surface area (Å²) in [5, 5.41) is 6.61. The summed E-state index contributed by atoms with van der Waals surface area (Å²) >= 11 is 0. The first-order valence-corrected chi connectivity index (χ1v) is 10.1. The zero-order valence-electron chi connectivity index (χ0n) is 17.7. The average molecular weight is 507 g/mol. The van der Waals surface area contributed by atoms with Gasteiger partial charge in [0, 0.05) is 33.4 Å². The lowest BCUT2D eigenvalue weighted by Gasteiger charge is -2.14. The van der Waals surface area contributed by atoms with Gasteiger partial charge in [-0.05, 0) is 24.0 Å². The SMILES string of the molecule is CCCCOCCOCCNC(=NC)NCc1ccccc1COCCC.I. The van der Waals surface area contributed by atoms with Crippen LogP contribution in [0.5, 0.6) is 0 Å². The molecule has 0 fully saturated rings. The molecule has 6 nitrogen and oxygen atoms in total. The van der Waals surface area contributed by atoms with Gasteiger partial charge in [-0.2, -0.15) is 0 Å². The molecule has 162 valence electrons. The van der Waals surface area contributed by atoms with Gasteiger partial charge in [-0.3, -0.25) is 4.99 Å². The fourth-order valence-corrected chi connectivity index (χ4v) is 2.41. The van der Waals surface area contributed by atoms with Crippen molar-refractivity contribution in [1.82, 2.24) is 10.6 Å². The smallest absolute Gasteiger partial charge is 0.191 e. The van der Waals surface area contributed by atoms with Crippen LogP contribution < -0.4 is 10.6 Å². The van der Waals surface area contributed by atoms with Crippen LogP contribution in [0.3, 0.4) is 0 Å². The van der Waals surface area contributed by atoms with Crippen LogP contribution in [0.4, 0.5) is 0 Å². The quantitative estimate of drug-likeness (QED) is 0.164. The van der Waals surface area contributed by atoms with Crippen molar-refractivity contribution >= 4 is 29.9 Å². The van der Waals surface area contributed by atoms with Crippen molar-refractivity contribution in [3.05, 3.63) is 35.4 Å². The molecule has 0 amide bonds. The Morgan fingerprint density at radius 3 is 2.25 bits per heavy atom. The third-order valence-corrected chi connectivity index (χ3v) is 3.95. The molecule has 1 aromatic rings. The molecule has 1 aromatic carbocycles. The molecule has 28 heavy (non-hydrogen) atoms. The Morgan fingerprint density at radius 1 is 0.857 bits per heavy atom. The monoisotopic (exact) mass is 507 g/mol. The number of nitrogens with one attached hydrogen (secondary N) is 2. The van der Waals surface area contributed by atoms with E-state index >= 15 is 0 Å². The number of aliphatic imine (C=N–C) groups is 1. The zero-order valence-corrected chi connectivity index (χ0v) is 20.0. The average Bonchev–Trinajstić information content (AvgIpc) is 2.70. The maximum Gasteiger partial charge on any atom is 0.191 e. The molecule has 7 heteroatoms. The Labute approximate surface area is 187 Å². The first-order valence-electron chi connectivity index (χ1n) is 10.1. The topological polar surface area (TPSA) is 64.1 Å². The van der Waals surface area contributed by atoms with Gasteiger partial charge < -0.3 is 24.8 Å². The number of halogens is 1. The first kappa shape index (κ1) is 27.1. The number of hydrogen-bond donors (Lipinski definition) is 2. The number of rotatable bonds is 15. The minimum absolute atomic E-state index is 0. The highest BCUT2D eigenvalue weighted by Gasteiger charge is 2.03. The van der Waals surface area contributed by atoms with Crippen LogP contribution in [-0.4, -0.2) is 52.6 Å². The molecule has 1 rings (SSSR count). The summed E-state index contributed by atoms with van der Waals surface area (Å²) in [5.74, 6) is 0.766. The van der Waals surface area contributed by atoms with Crippen LogP contribution in [0.2, 0.25) is 0 Å². The van der Waals surface area contributed by atoms with Gasteiger partial charge in [0.25, 0.3) is 0 Å². The Bertz CT molecular complexity index is 515. The maximum absolute atomic E-state index is 5.68. The third kappa shape index (κ3) is 13.3. The zero-order chi connectivity index (χ0) is 19.6. The van der Waals surface area contributed by atoms with E-state index in [4.69, 9.17) is 14.2 Å². The summed E-state index contributed by atoms with van der Waals surface area (Å²) in [4.78, 5) is 4.26. The molecule has 0 spiro atoms. The summed E-state index contributed by atoms with van der Waals surface area (Å²) in [6.07, 6.45) is 3.30. The van der Waals surface area contributed by atoms with Gasteiger partial charge in [-0.1, -0.05) is 44.5 Å². The van der Waals surface area contributed by atoms with E-state index in [0.717, 1.165) is 38.4 Å². The van der Waals surface area contributed by atoms with Gasteiger partial charge in [-0.15, -0.1) is 24.0 Å². The largest absolute Gasteiger partial charge is 0.379 e. The summed E-state index contributed by atoms with van der Waals surface area (Å²) in [6.45, 7) is 9.84. The second kappa shape index (κ2) is 19.4. The molecule has 0 aliphatic carbocycles. The Hall–Kier alpha value is -0.900. The summed E-state index contributed by atoms with van der Waals surface area (Å²) in [5.41, 5.74) is 2.43. The van der Waals surface area contributed by atoms with E-state index in [1.165, 1.54) is 11.1 Å². The molecule has 0 aliphatic heterocycles. The molecule has 0 bridgehead atoms. The van der Waals surface area contributed by atoms with E-state index in [1.807, 2.05) is 12.1 Å². The molecule has 0 heterocycles. The number of hydrogen-bond acceptors (Lipinski definition) is 4. The number of guanidine groups is 1. The molecule has 0 unspecified atom stereocenters. The highest BCUT2D eigenvalue weighted by molar-refractivity contribution is 14.0. The van der Waals surface area contributed by atoms with Gasteiger partial charge in [0.2, 0.25) is 0 Å². The van der Waals surface area contributed by atoms with E-state index in [0.29, 0.717) is 39.5 Å². The molecule has 0 aromatic heterocycles. The fraction of sp³-hybridized carbons (Fsp3) is 0.667. The van der Waals surface area contributed by atoms with E-state index < -0.39 is 0 Å². The van der Waals surface area contributed by atoms with Crippen LogP contribution in [0, 0.1) is 0 Å². The van der Waals surface area contributed by atoms with Gasteiger partial charge in [0.15, 0.2) is 5.96 Å². The highest BCUT2D eigenvalue weighted by atomic mass is 127. The van der Waals surface area contributed by atoms with Crippen molar-refractivity contribution < 1.29 is 14.2 Å². The van der Waals surface area contributed by atoms with Crippen molar-refractivity contribution in [2.45, 2.75) is 46.3 Å². The van der Waals surface area contributed by atoms with Crippen molar-refractivity contribution in [2.75, 3.05) is 46.6 Å². The van der Waals surface area contributed by atoms with Crippen LogP contribution in [0.1, 0.15) is 44.2 Å². The molecular weight excluding hydrogens is 469 g/mol. The predicted octanol–water partition coefficient (Wildman–Crippen LogP) is 3.73. The lowest BCUT2D eigenvalue weighted by atomic mass is 10.1. The first-order chi connectivity index (χ1) is 13.3. The van der Waals surface area contributed by atoms with Gasteiger partial charge in [0.05, 0.1) is 26.4 Å². The predicted molar refractivity (Wildman–Crippen MR) is 127 cm³/mol.